The summed E-state index contributed by atoms with van der Waals surface area (Å²) in [5.74, 6) is 1.19. The maximum atomic E-state index is 11.6. The molecule has 0 saturated carbocycles. The van der Waals surface area contributed by atoms with Gasteiger partial charge in [-0.2, -0.15) is 11.8 Å². The molecule has 3 nitrogen and oxygen atoms in total. The van der Waals surface area contributed by atoms with E-state index in [1.54, 1.807) is 11.8 Å². The number of halogens is 1. The maximum Gasteiger partial charge on any atom is 0.223 e. The van der Waals surface area contributed by atoms with Crippen LogP contribution in [0.25, 0.3) is 0 Å². The molecule has 0 aromatic rings. The number of nitrogens with two attached hydrogens (primary N) is 1. The molecule has 1 aliphatic heterocycles. The fourth-order valence-corrected chi connectivity index (χ4v) is 1.96. The molecule has 1 aliphatic rings. The van der Waals surface area contributed by atoms with Crippen LogP contribution in [0.1, 0.15) is 19.3 Å². The molecule has 0 radical (unpaired) electrons. The third kappa shape index (κ3) is 4.53. The zero-order chi connectivity index (χ0) is 9.68. The van der Waals surface area contributed by atoms with E-state index < -0.39 is 0 Å². The molecule has 1 amide bonds. The van der Waals surface area contributed by atoms with Crippen LogP contribution in [0.2, 0.25) is 0 Å². The Kier molecular flexibility index (Phi) is 7.41. The number of hydrogen-bond donors (Lipinski definition) is 1. The van der Waals surface area contributed by atoms with Crippen LogP contribution in [0.5, 0.6) is 0 Å². The van der Waals surface area contributed by atoms with E-state index in [0.717, 1.165) is 31.7 Å². The molecule has 1 rings (SSSR count). The second kappa shape index (κ2) is 7.37. The van der Waals surface area contributed by atoms with E-state index in [1.807, 2.05) is 11.2 Å². The first-order valence-corrected chi connectivity index (χ1v) is 6.15. The van der Waals surface area contributed by atoms with Crippen LogP contribution in [0.3, 0.4) is 0 Å². The van der Waals surface area contributed by atoms with Crippen molar-refractivity contribution in [3.8, 4) is 0 Å². The van der Waals surface area contributed by atoms with Gasteiger partial charge >= 0.3 is 0 Å². The standard InChI is InChI=1S/C9H18N2OS.ClH/c1-13-6-4-9(12)11-5-2-3-8(10)7-11;/h8H,2-7,10H2,1H3;1H/t8-;/m1./s1. The Morgan fingerprint density at radius 2 is 2.36 bits per heavy atom. The monoisotopic (exact) mass is 238 g/mol. The molecule has 0 aliphatic carbocycles. The topological polar surface area (TPSA) is 46.3 Å². The quantitative estimate of drug-likeness (QED) is 0.802. The lowest BCUT2D eigenvalue weighted by Gasteiger charge is -2.30. The van der Waals surface area contributed by atoms with Crippen molar-refractivity contribution in [1.82, 2.24) is 4.90 Å². The van der Waals surface area contributed by atoms with Crippen LogP contribution in [-0.2, 0) is 4.79 Å². The molecule has 0 spiro atoms. The Bertz CT molecular complexity index is 180. The third-order valence-corrected chi connectivity index (χ3v) is 2.94. The van der Waals surface area contributed by atoms with Crippen molar-refractivity contribution in [1.29, 1.82) is 0 Å². The SMILES string of the molecule is CSCCC(=O)N1CCC[C@@H](N)C1.Cl. The molecule has 1 heterocycles. The Morgan fingerprint density at radius 1 is 1.64 bits per heavy atom. The lowest BCUT2D eigenvalue weighted by atomic mass is 10.1. The fraction of sp³-hybridized carbons (Fsp3) is 0.889. The number of nitrogens with zero attached hydrogens (tertiary/aromatic N) is 1. The smallest absolute Gasteiger partial charge is 0.223 e. The van der Waals surface area contributed by atoms with Crippen LogP contribution < -0.4 is 5.73 Å². The number of likely N-dealkylation sites (tertiary alicyclic amines) is 1. The van der Waals surface area contributed by atoms with E-state index in [-0.39, 0.29) is 24.4 Å². The number of amides is 1. The van der Waals surface area contributed by atoms with Gasteiger partial charge in [0.2, 0.25) is 5.91 Å². The highest BCUT2D eigenvalue weighted by molar-refractivity contribution is 7.98. The highest BCUT2D eigenvalue weighted by Gasteiger charge is 2.20. The zero-order valence-electron chi connectivity index (χ0n) is 8.57. The Hall–Kier alpha value is 0.0700. The largest absolute Gasteiger partial charge is 0.341 e. The average molecular weight is 239 g/mol. The minimum Gasteiger partial charge on any atom is -0.341 e. The lowest BCUT2D eigenvalue weighted by molar-refractivity contribution is -0.131. The van der Waals surface area contributed by atoms with E-state index in [0.29, 0.717) is 6.42 Å². The number of piperidine rings is 1. The number of thioether (sulfide) groups is 1. The van der Waals surface area contributed by atoms with Gasteiger partial charge in [0.25, 0.3) is 0 Å². The molecule has 84 valence electrons. The Morgan fingerprint density at radius 3 is 2.93 bits per heavy atom. The third-order valence-electron chi connectivity index (χ3n) is 2.33. The molecule has 0 aromatic heterocycles. The predicted molar refractivity (Wildman–Crippen MR) is 64.0 cm³/mol. The van der Waals surface area contributed by atoms with E-state index >= 15 is 0 Å². The minimum atomic E-state index is 0. The van der Waals surface area contributed by atoms with Crippen LogP contribution in [0, 0.1) is 0 Å². The second-order valence-electron chi connectivity index (χ2n) is 3.48. The molecular formula is C9H19ClN2OS. The summed E-state index contributed by atoms with van der Waals surface area (Å²) in [6, 6.07) is 0.201. The molecule has 1 atom stereocenters. The van der Waals surface area contributed by atoms with E-state index in [2.05, 4.69) is 0 Å². The molecule has 5 heteroatoms. The number of carbonyl (C=O) groups is 1. The van der Waals surface area contributed by atoms with Crippen molar-refractivity contribution in [3.63, 3.8) is 0 Å². The van der Waals surface area contributed by atoms with Crippen LogP contribution in [0.15, 0.2) is 0 Å². The van der Waals surface area contributed by atoms with Gasteiger partial charge in [0.1, 0.15) is 0 Å². The zero-order valence-corrected chi connectivity index (χ0v) is 10.2. The molecule has 14 heavy (non-hydrogen) atoms. The maximum absolute atomic E-state index is 11.6. The fourth-order valence-electron chi connectivity index (χ4n) is 1.58. The van der Waals surface area contributed by atoms with Gasteiger partial charge in [0.15, 0.2) is 0 Å². The molecule has 1 fully saturated rings. The van der Waals surface area contributed by atoms with Gasteiger partial charge in [0.05, 0.1) is 0 Å². The predicted octanol–water partition coefficient (Wildman–Crippen LogP) is 1.11. The van der Waals surface area contributed by atoms with E-state index in [9.17, 15) is 4.79 Å². The minimum absolute atomic E-state index is 0. The molecule has 0 unspecified atom stereocenters. The summed E-state index contributed by atoms with van der Waals surface area (Å²) in [4.78, 5) is 13.5. The Labute approximate surface area is 96.2 Å². The molecule has 1 saturated heterocycles. The van der Waals surface area contributed by atoms with Gasteiger partial charge in [-0.25, -0.2) is 0 Å². The summed E-state index contributed by atoms with van der Waals surface area (Å²) < 4.78 is 0. The van der Waals surface area contributed by atoms with Gasteiger partial charge < -0.3 is 10.6 Å². The van der Waals surface area contributed by atoms with Gasteiger partial charge in [-0.15, -0.1) is 12.4 Å². The highest BCUT2D eigenvalue weighted by atomic mass is 35.5. The van der Waals surface area contributed by atoms with Crippen LogP contribution in [0.4, 0.5) is 0 Å². The lowest BCUT2D eigenvalue weighted by Crippen LogP contribution is -2.45. The van der Waals surface area contributed by atoms with E-state index in [4.69, 9.17) is 5.73 Å². The summed E-state index contributed by atoms with van der Waals surface area (Å²) in [5, 5.41) is 0. The number of rotatable bonds is 3. The average Bonchev–Trinajstić information content (AvgIpc) is 2.14. The van der Waals surface area contributed by atoms with Crippen molar-refractivity contribution >= 4 is 30.1 Å². The van der Waals surface area contributed by atoms with Crippen molar-refractivity contribution in [2.24, 2.45) is 5.73 Å². The second-order valence-corrected chi connectivity index (χ2v) is 4.47. The van der Waals surface area contributed by atoms with Gasteiger partial charge in [0, 0.05) is 31.3 Å². The summed E-state index contributed by atoms with van der Waals surface area (Å²) in [7, 11) is 0. The highest BCUT2D eigenvalue weighted by Crippen LogP contribution is 2.10. The molecule has 0 bridgehead atoms. The first-order chi connectivity index (χ1) is 6.24. The summed E-state index contributed by atoms with van der Waals surface area (Å²) in [5.41, 5.74) is 5.79. The molecule has 2 N–H and O–H groups in total. The number of hydrogen-bond acceptors (Lipinski definition) is 3. The summed E-state index contributed by atoms with van der Waals surface area (Å²) in [6.07, 6.45) is 4.81. The summed E-state index contributed by atoms with van der Waals surface area (Å²) in [6.45, 7) is 1.66. The first kappa shape index (κ1) is 14.1. The van der Waals surface area contributed by atoms with Crippen molar-refractivity contribution in [3.05, 3.63) is 0 Å². The van der Waals surface area contributed by atoms with Gasteiger partial charge in [-0.05, 0) is 19.1 Å². The van der Waals surface area contributed by atoms with Crippen LogP contribution in [-0.4, -0.2) is 41.9 Å². The van der Waals surface area contributed by atoms with Gasteiger partial charge in [-0.1, -0.05) is 0 Å². The number of carbonyl (C=O) groups excluding carboxylic acids is 1. The van der Waals surface area contributed by atoms with Crippen LogP contribution >= 0.6 is 24.2 Å². The first-order valence-electron chi connectivity index (χ1n) is 4.76. The Balaban J connectivity index is 0.00000169. The van der Waals surface area contributed by atoms with Crippen molar-refractivity contribution in [2.75, 3.05) is 25.1 Å². The molecule has 0 aromatic carbocycles. The van der Waals surface area contributed by atoms with Crippen molar-refractivity contribution in [2.45, 2.75) is 25.3 Å². The van der Waals surface area contributed by atoms with Gasteiger partial charge in [-0.3, -0.25) is 4.79 Å². The van der Waals surface area contributed by atoms with Crippen molar-refractivity contribution < 1.29 is 4.79 Å². The van der Waals surface area contributed by atoms with E-state index in [1.165, 1.54) is 0 Å². The normalized spacial score (nSPS) is 21.6. The summed E-state index contributed by atoms with van der Waals surface area (Å²) >= 11 is 1.72. The molecular weight excluding hydrogens is 220 g/mol.